The van der Waals surface area contributed by atoms with Gasteiger partial charge in [0.25, 0.3) is 0 Å². The molecule has 2 N–H and O–H groups in total. The molecular formula is C13H15N3O. The van der Waals surface area contributed by atoms with E-state index in [1.807, 2.05) is 19.1 Å². The van der Waals surface area contributed by atoms with E-state index in [1.165, 1.54) is 0 Å². The summed E-state index contributed by atoms with van der Waals surface area (Å²) in [6.07, 6.45) is 5.97. The number of aromatic nitrogens is 2. The molecule has 0 amide bonds. The number of imidazole rings is 1. The van der Waals surface area contributed by atoms with E-state index in [0.717, 1.165) is 17.7 Å². The minimum absolute atomic E-state index is 0.148. The van der Waals surface area contributed by atoms with Crippen LogP contribution in [-0.4, -0.2) is 27.3 Å². The normalized spacial score (nSPS) is 13.0. The third-order valence-electron chi connectivity index (χ3n) is 2.48. The molecule has 1 atom stereocenters. The van der Waals surface area contributed by atoms with Crippen LogP contribution in [0, 0.1) is 0 Å². The van der Waals surface area contributed by atoms with E-state index >= 15 is 0 Å². The maximum Gasteiger partial charge on any atom is 0.124 e. The number of hydrogen-bond acceptors (Lipinski definition) is 3. The lowest BCUT2D eigenvalue weighted by atomic mass is 10.2. The monoisotopic (exact) mass is 229 g/mol. The van der Waals surface area contributed by atoms with E-state index in [4.69, 9.17) is 0 Å². The Morgan fingerprint density at radius 1 is 1.47 bits per heavy atom. The lowest BCUT2D eigenvalue weighted by molar-refractivity contribution is 0.474. The van der Waals surface area contributed by atoms with Crippen molar-refractivity contribution in [2.45, 2.75) is 19.4 Å². The Morgan fingerprint density at radius 3 is 3.00 bits per heavy atom. The first-order valence-corrected chi connectivity index (χ1v) is 5.54. The van der Waals surface area contributed by atoms with Crippen molar-refractivity contribution in [3.8, 4) is 5.75 Å². The molecule has 0 fully saturated rings. The Kier molecular flexibility index (Phi) is 3.55. The first kappa shape index (κ1) is 11.4. The van der Waals surface area contributed by atoms with Crippen LogP contribution in [0.3, 0.4) is 0 Å². The number of hydrogen-bond donors (Lipinski definition) is 2. The number of phenolic OH excluding ortho intramolecular Hbond substituents is 1. The molecule has 2 rings (SSSR count). The highest BCUT2D eigenvalue weighted by Gasteiger charge is 2.02. The highest BCUT2D eigenvalue weighted by Crippen LogP contribution is 2.13. The molecule has 4 nitrogen and oxygen atoms in total. The second-order valence-electron chi connectivity index (χ2n) is 3.97. The van der Waals surface area contributed by atoms with Crippen molar-refractivity contribution in [2.75, 3.05) is 0 Å². The standard InChI is InChI=1S/C13H15N3O/c1-10(6-12-8-14-9-16-12)15-7-11-4-2-3-5-13(11)17/h2-5,7-10,17H,6H2,1H3,(H,14,16)/t10-/m1/s1. The van der Waals surface area contributed by atoms with Crippen molar-refractivity contribution in [1.29, 1.82) is 0 Å². The fourth-order valence-electron chi connectivity index (χ4n) is 1.57. The van der Waals surface area contributed by atoms with Crippen LogP contribution < -0.4 is 0 Å². The average Bonchev–Trinajstić information content (AvgIpc) is 2.81. The molecule has 0 aliphatic heterocycles. The van der Waals surface area contributed by atoms with Gasteiger partial charge in [0.05, 0.1) is 12.4 Å². The number of aliphatic imine (C=N–C) groups is 1. The molecule has 0 bridgehead atoms. The topological polar surface area (TPSA) is 61.3 Å². The Labute approximate surface area is 100 Å². The number of H-pyrrole nitrogens is 1. The fraction of sp³-hybridized carbons (Fsp3) is 0.231. The molecule has 2 aromatic rings. The van der Waals surface area contributed by atoms with Crippen LogP contribution in [0.15, 0.2) is 41.8 Å². The molecule has 1 aromatic heterocycles. The molecular weight excluding hydrogens is 214 g/mol. The van der Waals surface area contributed by atoms with Crippen LogP contribution in [0.2, 0.25) is 0 Å². The summed E-state index contributed by atoms with van der Waals surface area (Å²) < 4.78 is 0. The van der Waals surface area contributed by atoms with E-state index in [-0.39, 0.29) is 11.8 Å². The van der Waals surface area contributed by atoms with Gasteiger partial charge in [0.1, 0.15) is 5.75 Å². The summed E-state index contributed by atoms with van der Waals surface area (Å²) >= 11 is 0. The van der Waals surface area contributed by atoms with Crippen molar-refractivity contribution in [3.63, 3.8) is 0 Å². The molecule has 0 unspecified atom stereocenters. The summed E-state index contributed by atoms with van der Waals surface area (Å²) in [7, 11) is 0. The number of nitrogens with one attached hydrogen (secondary N) is 1. The maximum atomic E-state index is 9.57. The maximum absolute atomic E-state index is 9.57. The molecule has 0 saturated heterocycles. The Balaban J connectivity index is 1.99. The highest BCUT2D eigenvalue weighted by molar-refractivity contribution is 5.83. The highest BCUT2D eigenvalue weighted by atomic mass is 16.3. The van der Waals surface area contributed by atoms with Gasteiger partial charge in [-0.1, -0.05) is 12.1 Å². The quantitative estimate of drug-likeness (QED) is 0.789. The minimum Gasteiger partial charge on any atom is -0.507 e. The number of aromatic hydroxyl groups is 1. The number of nitrogens with zero attached hydrogens (tertiary/aromatic N) is 2. The van der Waals surface area contributed by atoms with Crippen molar-refractivity contribution >= 4 is 6.21 Å². The van der Waals surface area contributed by atoms with Gasteiger partial charge in [-0.3, -0.25) is 4.99 Å². The van der Waals surface area contributed by atoms with Gasteiger partial charge in [-0.2, -0.15) is 0 Å². The summed E-state index contributed by atoms with van der Waals surface area (Å²) in [5.41, 5.74) is 1.80. The second-order valence-corrected chi connectivity index (χ2v) is 3.97. The van der Waals surface area contributed by atoms with E-state index < -0.39 is 0 Å². The Morgan fingerprint density at radius 2 is 2.29 bits per heavy atom. The van der Waals surface area contributed by atoms with Crippen LogP contribution in [0.5, 0.6) is 5.75 Å². The van der Waals surface area contributed by atoms with Crippen LogP contribution >= 0.6 is 0 Å². The zero-order valence-corrected chi connectivity index (χ0v) is 9.67. The van der Waals surface area contributed by atoms with E-state index in [1.54, 1.807) is 30.9 Å². The first-order chi connectivity index (χ1) is 8.25. The lowest BCUT2D eigenvalue weighted by Crippen LogP contribution is -2.03. The third kappa shape index (κ3) is 3.17. The van der Waals surface area contributed by atoms with Gasteiger partial charge in [0, 0.05) is 30.1 Å². The smallest absolute Gasteiger partial charge is 0.124 e. The molecule has 0 aliphatic carbocycles. The summed E-state index contributed by atoms with van der Waals surface area (Å²) in [5.74, 6) is 0.255. The molecule has 0 saturated carbocycles. The van der Waals surface area contributed by atoms with Crippen molar-refractivity contribution in [1.82, 2.24) is 9.97 Å². The van der Waals surface area contributed by atoms with Crippen LogP contribution in [0.1, 0.15) is 18.2 Å². The van der Waals surface area contributed by atoms with E-state index in [2.05, 4.69) is 15.0 Å². The summed E-state index contributed by atoms with van der Waals surface area (Å²) in [4.78, 5) is 11.4. The number of para-hydroxylation sites is 1. The van der Waals surface area contributed by atoms with Crippen LogP contribution in [0.25, 0.3) is 0 Å². The average molecular weight is 229 g/mol. The Bertz CT molecular complexity index is 491. The van der Waals surface area contributed by atoms with Crippen LogP contribution in [0.4, 0.5) is 0 Å². The van der Waals surface area contributed by atoms with Gasteiger partial charge in [-0.15, -0.1) is 0 Å². The molecule has 0 aliphatic rings. The van der Waals surface area contributed by atoms with E-state index in [0.29, 0.717) is 0 Å². The molecule has 4 heteroatoms. The molecule has 0 spiro atoms. The molecule has 17 heavy (non-hydrogen) atoms. The van der Waals surface area contributed by atoms with Crippen molar-refractivity contribution in [2.24, 2.45) is 4.99 Å². The van der Waals surface area contributed by atoms with Crippen LogP contribution in [-0.2, 0) is 6.42 Å². The van der Waals surface area contributed by atoms with Gasteiger partial charge < -0.3 is 10.1 Å². The largest absolute Gasteiger partial charge is 0.507 e. The second kappa shape index (κ2) is 5.30. The number of benzene rings is 1. The number of phenols is 1. The molecule has 1 heterocycles. The predicted molar refractivity (Wildman–Crippen MR) is 67.5 cm³/mol. The zero-order chi connectivity index (χ0) is 12.1. The minimum atomic E-state index is 0.148. The molecule has 1 aromatic carbocycles. The van der Waals surface area contributed by atoms with Gasteiger partial charge in [-0.05, 0) is 19.1 Å². The number of aromatic amines is 1. The van der Waals surface area contributed by atoms with Gasteiger partial charge in [-0.25, -0.2) is 4.98 Å². The molecule has 88 valence electrons. The Hall–Kier alpha value is -2.10. The fourth-order valence-corrected chi connectivity index (χ4v) is 1.57. The molecule has 0 radical (unpaired) electrons. The zero-order valence-electron chi connectivity index (χ0n) is 9.67. The lowest BCUT2D eigenvalue weighted by Gasteiger charge is -2.04. The van der Waals surface area contributed by atoms with Gasteiger partial charge in [0.15, 0.2) is 0 Å². The SMILES string of the molecule is C[C@H](Cc1cnc[nH]1)N=Cc1ccccc1O. The van der Waals surface area contributed by atoms with Gasteiger partial charge >= 0.3 is 0 Å². The first-order valence-electron chi connectivity index (χ1n) is 5.54. The summed E-state index contributed by atoms with van der Waals surface area (Å²) in [5, 5.41) is 9.57. The van der Waals surface area contributed by atoms with Crippen molar-refractivity contribution in [3.05, 3.63) is 48.0 Å². The number of rotatable bonds is 4. The van der Waals surface area contributed by atoms with E-state index in [9.17, 15) is 5.11 Å². The third-order valence-corrected chi connectivity index (χ3v) is 2.48. The summed E-state index contributed by atoms with van der Waals surface area (Å²) in [6.45, 7) is 2.03. The van der Waals surface area contributed by atoms with Crippen molar-refractivity contribution < 1.29 is 5.11 Å². The van der Waals surface area contributed by atoms with Gasteiger partial charge in [0.2, 0.25) is 0 Å². The predicted octanol–water partition coefficient (Wildman–Crippen LogP) is 2.17. The summed E-state index contributed by atoms with van der Waals surface area (Å²) in [6, 6.07) is 7.30.